The summed E-state index contributed by atoms with van der Waals surface area (Å²) in [6.07, 6.45) is -0.311. The van der Waals surface area contributed by atoms with Crippen LogP contribution in [0.15, 0.2) is 17.0 Å². The van der Waals surface area contributed by atoms with Crippen molar-refractivity contribution in [3.63, 3.8) is 0 Å². The van der Waals surface area contributed by atoms with E-state index in [0.29, 0.717) is 5.56 Å². The van der Waals surface area contributed by atoms with Crippen molar-refractivity contribution in [1.29, 1.82) is 0 Å². The molecular formula is C11H14ClNO4S. The number of nitrogens with two attached hydrogens (primary N) is 1. The van der Waals surface area contributed by atoms with Gasteiger partial charge in [0.2, 0.25) is 10.0 Å². The van der Waals surface area contributed by atoms with E-state index in [1.807, 2.05) is 0 Å². The van der Waals surface area contributed by atoms with Crippen LogP contribution in [-0.2, 0) is 14.8 Å². The molecule has 7 heteroatoms. The summed E-state index contributed by atoms with van der Waals surface area (Å²) in [7, 11) is -3.92. The minimum atomic E-state index is -3.92. The maximum absolute atomic E-state index is 11.8. The number of hydrogen-bond donors (Lipinski definition) is 1. The second-order valence-corrected chi connectivity index (χ2v) is 6.05. The molecule has 0 radical (unpaired) electrons. The first-order valence-electron chi connectivity index (χ1n) is 5.17. The highest BCUT2D eigenvalue weighted by Crippen LogP contribution is 2.24. The van der Waals surface area contributed by atoms with Gasteiger partial charge in [0.15, 0.2) is 0 Å². The van der Waals surface area contributed by atoms with Gasteiger partial charge in [-0.15, -0.1) is 0 Å². The monoisotopic (exact) mass is 291 g/mol. The van der Waals surface area contributed by atoms with E-state index < -0.39 is 16.0 Å². The number of esters is 1. The van der Waals surface area contributed by atoms with Crippen LogP contribution in [0.1, 0.15) is 29.8 Å². The van der Waals surface area contributed by atoms with Crippen LogP contribution in [-0.4, -0.2) is 20.5 Å². The van der Waals surface area contributed by atoms with Crippen LogP contribution in [0.3, 0.4) is 0 Å². The maximum Gasteiger partial charge on any atom is 0.338 e. The predicted octanol–water partition coefficient (Wildman–Crippen LogP) is 1.86. The highest BCUT2D eigenvalue weighted by atomic mass is 35.5. The fraction of sp³-hybridized carbons (Fsp3) is 0.364. The first-order valence-corrected chi connectivity index (χ1v) is 7.09. The smallest absolute Gasteiger partial charge is 0.338 e. The Morgan fingerprint density at radius 3 is 2.39 bits per heavy atom. The summed E-state index contributed by atoms with van der Waals surface area (Å²) >= 11 is 5.88. The number of rotatable bonds is 3. The number of primary sulfonamides is 1. The van der Waals surface area contributed by atoms with Crippen LogP contribution in [0.5, 0.6) is 0 Å². The van der Waals surface area contributed by atoms with Gasteiger partial charge >= 0.3 is 5.97 Å². The Balaban J connectivity index is 3.36. The van der Waals surface area contributed by atoms with Gasteiger partial charge in [-0.25, -0.2) is 18.4 Å². The number of benzene rings is 1. The summed E-state index contributed by atoms with van der Waals surface area (Å²) in [6, 6.07) is 2.37. The van der Waals surface area contributed by atoms with Crippen molar-refractivity contribution >= 4 is 27.6 Å². The van der Waals surface area contributed by atoms with Crippen molar-refractivity contribution in [3.8, 4) is 0 Å². The molecule has 0 spiro atoms. The SMILES string of the molecule is Cc1c(Cl)cc(S(N)(=O)=O)cc1C(=O)OC(C)C. The van der Waals surface area contributed by atoms with Crippen LogP contribution in [0, 0.1) is 6.92 Å². The lowest BCUT2D eigenvalue weighted by Crippen LogP contribution is -2.16. The first-order chi connectivity index (χ1) is 8.12. The average Bonchev–Trinajstić information content (AvgIpc) is 2.18. The van der Waals surface area contributed by atoms with E-state index >= 15 is 0 Å². The zero-order valence-electron chi connectivity index (χ0n) is 10.2. The topological polar surface area (TPSA) is 86.5 Å². The summed E-state index contributed by atoms with van der Waals surface area (Å²) in [4.78, 5) is 11.6. The molecule has 1 aromatic carbocycles. The van der Waals surface area contributed by atoms with Crippen molar-refractivity contribution in [1.82, 2.24) is 0 Å². The van der Waals surface area contributed by atoms with Crippen molar-refractivity contribution in [2.75, 3.05) is 0 Å². The minimum Gasteiger partial charge on any atom is -0.459 e. The Morgan fingerprint density at radius 2 is 1.94 bits per heavy atom. The molecule has 18 heavy (non-hydrogen) atoms. The van der Waals surface area contributed by atoms with Crippen molar-refractivity contribution < 1.29 is 17.9 Å². The molecule has 0 saturated heterocycles. The van der Waals surface area contributed by atoms with Gasteiger partial charge < -0.3 is 4.74 Å². The molecule has 0 aliphatic rings. The van der Waals surface area contributed by atoms with Gasteiger partial charge in [-0.05, 0) is 38.5 Å². The molecule has 0 heterocycles. The fourth-order valence-corrected chi connectivity index (χ4v) is 2.16. The normalized spacial score (nSPS) is 11.7. The van der Waals surface area contributed by atoms with E-state index in [0.717, 1.165) is 0 Å². The second kappa shape index (κ2) is 5.26. The molecule has 0 aliphatic heterocycles. The molecule has 0 aromatic heterocycles. The molecule has 2 N–H and O–H groups in total. The molecule has 0 bridgehead atoms. The van der Waals surface area contributed by atoms with Crippen molar-refractivity contribution in [2.45, 2.75) is 31.8 Å². The standard InChI is InChI=1S/C11H14ClNO4S/c1-6(2)17-11(14)9-4-8(18(13,15)16)5-10(12)7(9)3/h4-6H,1-3H3,(H2,13,15,16). The Hall–Kier alpha value is -1.11. The zero-order valence-corrected chi connectivity index (χ0v) is 11.8. The van der Waals surface area contributed by atoms with Gasteiger partial charge in [0, 0.05) is 5.02 Å². The third-order valence-electron chi connectivity index (χ3n) is 2.21. The highest BCUT2D eigenvalue weighted by molar-refractivity contribution is 7.89. The Bertz CT molecular complexity index is 581. The molecule has 0 unspecified atom stereocenters. The van der Waals surface area contributed by atoms with E-state index in [-0.39, 0.29) is 21.6 Å². The molecule has 0 atom stereocenters. The largest absolute Gasteiger partial charge is 0.459 e. The number of hydrogen-bond acceptors (Lipinski definition) is 4. The van der Waals surface area contributed by atoms with E-state index in [9.17, 15) is 13.2 Å². The van der Waals surface area contributed by atoms with Crippen LogP contribution >= 0.6 is 11.6 Å². The summed E-state index contributed by atoms with van der Waals surface area (Å²) < 4.78 is 27.5. The summed E-state index contributed by atoms with van der Waals surface area (Å²) in [5, 5.41) is 5.16. The number of halogens is 1. The lowest BCUT2D eigenvalue weighted by Gasteiger charge is -2.12. The molecule has 0 saturated carbocycles. The van der Waals surface area contributed by atoms with Crippen molar-refractivity contribution in [3.05, 3.63) is 28.3 Å². The van der Waals surface area contributed by atoms with Crippen molar-refractivity contribution in [2.24, 2.45) is 5.14 Å². The van der Waals surface area contributed by atoms with Crippen LogP contribution in [0.2, 0.25) is 5.02 Å². The molecular weight excluding hydrogens is 278 g/mol. The van der Waals surface area contributed by atoms with Gasteiger partial charge in [-0.3, -0.25) is 0 Å². The summed E-state index contributed by atoms with van der Waals surface area (Å²) in [5.74, 6) is -0.630. The zero-order chi connectivity index (χ0) is 14.1. The maximum atomic E-state index is 11.8. The molecule has 100 valence electrons. The molecule has 1 rings (SSSR count). The Morgan fingerprint density at radius 1 is 1.39 bits per heavy atom. The molecule has 0 amide bonds. The van der Waals surface area contributed by atoms with Gasteiger partial charge in [0.05, 0.1) is 16.6 Å². The average molecular weight is 292 g/mol. The van der Waals surface area contributed by atoms with Crippen LogP contribution in [0.4, 0.5) is 0 Å². The predicted molar refractivity (Wildman–Crippen MR) is 68.1 cm³/mol. The lowest BCUT2D eigenvalue weighted by molar-refractivity contribution is 0.0377. The van der Waals surface area contributed by atoms with Crippen LogP contribution in [0.25, 0.3) is 0 Å². The van der Waals surface area contributed by atoms with E-state index in [4.69, 9.17) is 21.5 Å². The van der Waals surface area contributed by atoms with Gasteiger partial charge in [0.1, 0.15) is 0 Å². The molecule has 0 aliphatic carbocycles. The molecule has 1 aromatic rings. The van der Waals surface area contributed by atoms with E-state index in [1.54, 1.807) is 20.8 Å². The van der Waals surface area contributed by atoms with Crippen LogP contribution < -0.4 is 5.14 Å². The third kappa shape index (κ3) is 3.44. The summed E-state index contributed by atoms with van der Waals surface area (Å²) in [5.41, 5.74) is 0.551. The van der Waals surface area contributed by atoms with Gasteiger partial charge in [-0.1, -0.05) is 11.6 Å². The van der Waals surface area contributed by atoms with Gasteiger partial charge in [0.25, 0.3) is 0 Å². The summed E-state index contributed by atoms with van der Waals surface area (Å²) in [6.45, 7) is 4.99. The quantitative estimate of drug-likeness (QED) is 0.861. The fourth-order valence-electron chi connectivity index (χ4n) is 1.31. The van der Waals surface area contributed by atoms with E-state index in [2.05, 4.69) is 0 Å². The number of ether oxygens (including phenoxy) is 1. The minimum absolute atomic E-state index is 0.0974. The first kappa shape index (κ1) is 14.9. The van der Waals surface area contributed by atoms with Gasteiger partial charge in [-0.2, -0.15) is 0 Å². The number of carbonyl (C=O) groups excluding carboxylic acids is 1. The highest BCUT2D eigenvalue weighted by Gasteiger charge is 2.19. The second-order valence-electron chi connectivity index (χ2n) is 4.08. The molecule has 0 fully saturated rings. The number of sulfonamides is 1. The lowest BCUT2D eigenvalue weighted by atomic mass is 10.1. The number of carbonyl (C=O) groups is 1. The Kier molecular flexibility index (Phi) is 4.37. The Labute approximate surface area is 111 Å². The molecule has 5 nitrogen and oxygen atoms in total. The third-order valence-corrected chi connectivity index (χ3v) is 3.49. The van der Waals surface area contributed by atoms with E-state index in [1.165, 1.54) is 12.1 Å².